The molecule has 1 aromatic rings. The minimum absolute atomic E-state index is 0.0709. The van der Waals surface area contributed by atoms with Crippen LogP contribution in [0.5, 0.6) is 0 Å². The largest absolute Gasteiger partial charge is 0.491 e. The molecule has 1 heterocycles. The lowest BCUT2D eigenvalue weighted by atomic mass is 9.79. The standard InChI is InChI=1S/C14H22BFN2O2/c1-11(2)18-7-5-17(6-8-18)10-12-3-4-13(15(19)20)14(16)9-12/h3-4,9,11,19-20H,5-8,10H2,1-2H3. The van der Waals surface area contributed by atoms with E-state index in [-0.39, 0.29) is 5.46 Å². The van der Waals surface area contributed by atoms with E-state index in [0.29, 0.717) is 12.6 Å². The Kier molecular flexibility index (Phi) is 5.15. The molecule has 1 aliphatic heterocycles. The van der Waals surface area contributed by atoms with Crippen LogP contribution in [0.3, 0.4) is 0 Å². The molecule has 0 aromatic heterocycles. The highest BCUT2D eigenvalue weighted by Gasteiger charge is 2.20. The van der Waals surface area contributed by atoms with Crippen molar-refractivity contribution in [1.82, 2.24) is 9.80 Å². The molecule has 2 rings (SSSR count). The van der Waals surface area contributed by atoms with Gasteiger partial charge in [0.1, 0.15) is 5.82 Å². The zero-order valence-electron chi connectivity index (χ0n) is 12.1. The van der Waals surface area contributed by atoms with Gasteiger partial charge >= 0.3 is 7.12 Å². The minimum Gasteiger partial charge on any atom is -0.423 e. The summed E-state index contributed by atoms with van der Waals surface area (Å²) in [6.45, 7) is 9.12. The van der Waals surface area contributed by atoms with Crippen LogP contribution in [-0.2, 0) is 6.54 Å². The van der Waals surface area contributed by atoms with E-state index in [0.717, 1.165) is 31.7 Å². The first-order chi connectivity index (χ1) is 9.47. The topological polar surface area (TPSA) is 46.9 Å². The third kappa shape index (κ3) is 3.79. The second kappa shape index (κ2) is 6.67. The quantitative estimate of drug-likeness (QED) is 0.764. The number of benzene rings is 1. The monoisotopic (exact) mass is 280 g/mol. The maximum absolute atomic E-state index is 13.7. The lowest BCUT2D eigenvalue weighted by Gasteiger charge is -2.36. The van der Waals surface area contributed by atoms with Gasteiger partial charge in [0.05, 0.1) is 0 Å². The van der Waals surface area contributed by atoms with Crippen molar-refractivity contribution in [2.45, 2.75) is 26.4 Å². The summed E-state index contributed by atoms with van der Waals surface area (Å²) in [5.74, 6) is -0.557. The molecule has 1 aromatic carbocycles. The fourth-order valence-electron chi connectivity index (χ4n) is 2.57. The van der Waals surface area contributed by atoms with Gasteiger partial charge in [-0.1, -0.05) is 12.1 Å². The molecule has 2 N–H and O–H groups in total. The number of rotatable bonds is 4. The van der Waals surface area contributed by atoms with Crippen LogP contribution in [0.15, 0.2) is 18.2 Å². The Labute approximate surface area is 120 Å². The van der Waals surface area contributed by atoms with Gasteiger partial charge in [-0.05, 0) is 25.5 Å². The van der Waals surface area contributed by atoms with Crippen molar-refractivity contribution >= 4 is 12.6 Å². The Bertz CT molecular complexity index is 449. The lowest BCUT2D eigenvalue weighted by Crippen LogP contribution is -2.48. The molecule has 20 heavy (non-hydrogen) atoms. The molecule has 110 valence electrons. The van der Waals surface area contributed by atoms with Gasteiger partial charge in [0.2, 0.25) is 0 Å². The third-order valence-corrected chi connectivity index (χ3v) is 3.89. The zero-order chi connectivity index (χ0) is 14.7. The van der Waals surface area contributed by atoms with E-state index in [4.69, 9.17) is 10.0 Å². The maximum atomic E-state index is 13.7. The van der Waals surface area contributed by atoms with Gasteiger partial charge in [-0.3, -0.25) is 9.80 Å². The molecule has 0 bridgehead atoms. The predicted molar refractivity (Wildman–Crippen MR) is 78.2 cm³/mol. The van der Waals surface area contributed by atoms with Crippen LogP contribution >= 0.6 is 0 Å². The highest BCUT2D eigenvalue weighted by molar-refractivity contribution is 6.58. The van der Waals surface area contributed by atoms with Gasteiger partial charge in [0.25, 0.3) is 0 Å². The molecule has 0 atom stereocenters. The number of nitrogens with zero attached hydrogens (tertiary/aromatic N) is 2. The van der Waals surface area contributed by atoms with Crippen LogP contribution in [0.2, 0.25) is 0 Å². The van der Waals surface area contributed by atoms with Crippen molar-refractivity contribution in [3.63, 3.8) is 0 Å². The molecule has 0 amide bonds. The maximum Gasteiger partial charge on any atom is 0.491 e. The van der Waals surface area contributed by atoms with Gasteiger partial charge in [-0.25, -0.2) is 4.39 Å². The first-order valence-electron chi connectivity index (χ1n) is 7.08. The van der Waals surface area contributed by atoms with Gasteiger partial charge in [0.15, 0.2) is 0 Å². The van der Waals surface area contributed by atoms with Crippen molar-refractivity contribution < 1.29 is 14.4 Å². The van der Waals surface area contributed by atoms with E-state index in [9.17, 15) is 4.39 Å². The van der Waals surface area contributed by atoms with Gasteiger partial charge in [0, 0.05) is 44.2 Å². The van der Waals surface area contributed by atoms with Crippen molar-refractivity contribution in [1.29, 1.82) is 0 Å². The van der Waals surface area contributed by atoms with Crippen LogP contribution in [0.25, 0.3) is 0 Å². The first kappa shape index (κ1) is 15.4. The van der Waals surface area contributed by atoms with Crippen LogP contribution < -0.4 is 5.46 Å². The highest BCUT2D eigenvalue weighted by Crippen LogP contribution is 2.11. The molecular weight excluding hydrogens is 258 g/mol. The molecule has 1 saturated heterocycles. The Morgan fingerprint density at radius 3 is 2.35 bits per heavy atom. The van der Waals surface area contributed by atoms with E-state index in [1.807, 2.05) is 0 Å². The second-order valence-corrected chi connectivity index (χ2v) is 5.64. The summed E-state index contributed by atoms with van der Waals surface area (Å²) in [4.78, 5) is 4.73. The third-order valence-electron chi connectivity index (χ3n) is 3.89. The van der Waals surface area contributed by atoms with Crippen LogP contribution in [0.4, 0.5) is 4.39 Å². The van der Waals surface area contributed by atoms with E-state index >= 15 is 0 Å². The lowest BCUT2D eigenvalue weighted by molar-refractivity contribution is 0.104. The van der Waals surface area contributed by atoms with Crippen LogP contribution in [0, 0.1) is 5.82 Å². The molecular formula is C14H22BFN2O2. The van der Waals surface area contributed by atoms with Crippen molar-refractivity contribution in [3.8, 4) is 0 Å². The normalized spacial score (nSPS) is 17.7. The Balaban J connectivity index is 1.93. The van der Waals surface area contributed by atoms with E-state index in [2.05, 4.69) is 23.6 Å². The minimum atomic E-state index is -1.75. The number of hydrogen-bond donors (Lipinski definition) is 2. The SMILES string of the molecule is CC(C)N1CCN(Cc2ccc(B(O)O)c(F)c2)CC1. The van der Waals surface area contributed by atoms with Gasteiger partial charge in [-0.2, -0.15) is 0 Å². The molecule has 0 unspecified atom stereocenters. The van der Waals surface area contributed by atoms with Crippen LogP contribution in [0.1, 0.15) is 19.4 Å². The fourth-order valence-corrected chi connectivity index (χ4v) is 2.57. The highest BCUT2D eigenvalue weighted by atomic mass is 19.1. The fraction of sp³-hybridized carbons (Fsp3) is 0.571. The Morgan fingerprint density at radius 2 is 1.85 bits per heavy atom. The molecule has 6 heteroatoms. The zero-order valence-corrected chi connectivity index (χ0v) is 12.1. The molecule has 1 aliphatic rings. The first-order valence-corrected chi connectivity index (χ1v) is 7.08. The van der Waals surface area contributed by atoms with E-state index in [1.54, 1.807) is 6.07 Å². The molecule has 0 aliphatic carbocycles. The van der Waals surface area contributed by atoms with Gasteiger partial charge in [-0.15, -0.1) is 0 Å². The summed E-state index contributed by atoms with van der Waals surface area (Å²) in [5.41, 5.74) is 0.795. The molecule has 1 fully saturated rings. The summed E-state index contributed by atoms with van der Waals surface area (Å²) in [6, 6.07) is 5.16. The van der Waals surface area contributed by atoms with Crippen LogP contribution in [-0.4, -0.2) is 59.2 Å². The number of hydrogen-bond acceptors (Lipinski definition) is 4. The predicted octanol–water partition coefficient (Wildman–Crippen LogP) is 0.0315. The molecule has 4 nitrogen and oxygen atoms in total. The smallest absolute Gasteiger partial charge is 0.423 e. The number of piperazine rings is 1. The van der Waals surface area contributed by atoms with Crippen molar-refractivity contribution in [3.05, 3.63) is 29.6 Å². The van der Waals surface area contributed by atoms with E-state index in [1.165, 1.54) is 12.1 Å². The summed E-state index contributed by atoms with van der Waals surface area (Å²) < 4.78 is 13.7. The average Bonchev–Trinajstić information content (AvgIpc) is 2.39. The van der Waals surface area contributed by atoms with Gasteiger partial charge < -0.3 is 10.0 Å². The molecule has 0 radical (unpaired) electrons. The Hall–Kier alpha value is -0.945. The summed E-state index contributed by atoms with van der Waals surface area (Å²) in [5, 5.41) is 18.0. The molecule has 0 spiro atoms. The summed E-state index contributed by atoms with van der Waals surface area (Å²) in [7, 11) is -1.75. The van der Waals surface area contributed by atoms with E-state index < -0.39 is 12.9 Å². The summed E-state index contributed by atoms with van der Waals surface area (Å²) >= 11 is 0. The van der Waals surface area contributed by atoms with Crippen molar-refractivity contribution in [2.75, 3.05) is 26.2 Å². The Morgan fingerprint density at radius 1 is 1.20 bits per heavy atom. The second-order valence-electron chi connectivity index (χ2n) is 5.64. The molecule has 0 saturated carbocycles. The average molecular weight is 280 g/mol. The van der Waals surface area contributed by atoms with Crippen molar-refractivity contribution in [2.24, 2.45) is 0 Å². The number of halogens is 1. The summed E-state index contributed by atoms with van der Waals surface area (Å²) in [6.07, 6.45) is 0.